The number of carbonyl (C=O) groups excluding carboxylic acids is 1. The van der Waals surface area contributed by atoms with Crippen LogP contribution in [0.15, 0.2) is 48.5 Å². The lowest BCUT2D eigenvalue weighted by atomic mass is 10.2. The number of carbonyl (C=O) groups is 1. The molecule has 0 aliphatic rings. The minimum absolute atomic E-state index is 0.0803. The molecule has 1 amide bonds. The SMILES string of the molecule is Cc1cc(NC(=O)c2ccc([N+](=O)[O-])cc2)nn1Cc1c(Cl)cccc1Cl. The molecule has 7 nitrogen and oxygen atoms in total. The molecule has 0 radical (unpaired) electrons. The molecule has 0 atom stereocenters. The van der Waals surface area contributed by atoms with Gasteiger partial charge in [0.15, 0.2) is 5.82 Å². The number of benzene rings is 2. The molecule has 0 aliphatic carbocycles. The monoisotopic (exact) mass is 404 g/mol. The summed E-state index contributed by atoms with van der Waals surface area (Å²) in [6.07, 6.45) is 0. The Kier molecular flexibility index (Phi) is 5.43. The van der Waals surface area contributed by atoms with E-state index < -0.39 is 10.8 Å². The van der Waals surface area contributed by atoms with Crippen molar-refractivity contribution in [2.75, 3.05) is 5.32 Å². The van der Waals surface area contributed by atoms with E-state index in [0.717, 1.165) is 11.3 Å². The van der Waals surface area contributed by atoms with Crippen molar-refractivity contribution in [3.8, 4) is 0 Å². The van der Waals surface area contributed by atoms with E-state index in [1.54, 1.807) is 28.9 Å². The van der Waals surface area contributed by atoms with Gasteiger partial charge in [0.05, 0.1) is 11.5 Å². The van der Waals surface area contributed by atoms with Gasteiger partial charge in [0, 0.05) is 45.1 Å². The van der Waals surface area contributed by atoms with E-state index in [0.29, 0.717) is 28.0 Å². The van der Waals surface area contributed by atoms with Gasteiger partial charge in [-0.25, -0.2) is 0 Å². The van der Waals surface area contributed by atoms with E-state index in [4.69, 9.17) is 23.2 Å². The van der Waals surface area contributed by atoms with E-state index in [1.165, 1.54) is 24.3 Å². The summed E-state index contributed by atoms with van der Waals surface area (Å²) in [7, 11) is 0. The van der Waals surface area contributed by atoms with Gasteiger partial charge in [-0.15, -0.1) is 0 Å². The van der Waals surface area contributed by atoms with Crippen molar-refractivity contribution < 1.29 is 9.72 Å². The number of amides is 1. The van der Waals surface area contributed by atoms with Crippen LogP contribution in [0.2, 0.25) is 10.0 Å². The smallest absolute Gasteiger partial charge is 0.269 e. The summed E-state index contributed by atoms with van der Waals surface area (Å²) >= 11 is 12.4. The number of nitrogens with one attached hydrogen (secondary N) is 1. The number of nitro groups is 1. The van der Waals surface area contributed by atoms with Gasteiger partial charge in [-0.1, -0.05) is 29.3 Å². The summed E-state index contributed by atoms with van der Waals surface area (Å²) in [5.41, 5.74) is 1.76. The second-order valence-electron chi connectivity index (χ2n) is 5.79. The van der Waals surface area contributed by atoms with Crippen molar-refractivity contribution in [3.05, 3.63) is 85.5 Å². The zero-order valence-corrected chi connectivity index (χ0v) is 15.7. The predicted octanol–water partition coefficient (Wildman–Crippen LogP) is 4.71. The van der Waals surface area contributed by atoms with Gasteiger partial charge >= 0.3 is 0 Å². The Morgan fingerprint density at radius 3 is 2.41 bits per heavy atom. The Morgan fingerprint density at radius 1 is 1.19 bits per heavy atom. The molecule has 0 saturated carbocycles. The first-order valence-corrected chi connectivity index (χ1v) is 8.64. The highest BCUT2D eigenvalue weighted by Gasteiger charge is 2.14. The minimum atomic E-state index is -0.521. The molecule has 0 fully saturated rings. The molecule has 27 heavy (non-hydrogen) atoms. The van der Waals surface area contributed by atoms with Crippen LogP contribution in [-0.2, 0) is 6.54 Å². The normalized spacial score (nSPS) is 10.6. The number of hydrogen-bond acceptors (Lipinski definition) is 4. The maximum absolute atomic E-state index is 12.3. The molecular formula is C18H14Cl2N4O3. The van der Waals surface area contributed by atoms with Gasteiger partial charge in [0.2, 0.25) is 0 Å². The van der Waals surface area contributed by atoms with Gasteiger partial charge in [-0.3, -0.25) is 19.6 Å². The van der Waals surface area contributed by atoms with Gasteiger partial charge < -0.3 is 5.32 Å². The number of halogens is 2. The number of aryl methyl sites for hydroxylation is 1. The molecule has 0 unspecified atom stereocenters. The first-order chi connectivity index (χ1) is 12.8. The fraction of sp³-hybridized carbons (Fsp3) is 0.111. The fourth-order valence-corrected chi connectivity index (χ4v) is 3.00. The number of aromatic nitrogens is 2. The lowest BCUT2D eigenvalue weighted by Crippen LogP contribution is -2.13. The summed E-state index contributed by atoms with van der Waals surface area (Å²) in [4.78, 5) is 22.5. The first-order valence-electron chi connectivity index (χ1n) is 7.88. The molecule has 2 aromatic carbocycles. The molecule has 3 aromatic rings. The van der Waals surface area contributed by atoms with Crippen LogP contribution < -0.4 is 5.32 Å². The molecule has 0 bridgehead atoms. The van der Waals surface area contributed by atoms with E-state index in [2.05, 4.69) is 10.4 Å². The molecule has 0 saturated heterocycles. The van der Waals surface area contributed by atoms with Crippen molar-refractivity contribution in [1.82, 2.24) is 9.78 Å². The summed E-state index contributed by atoms with van der Waals surface area (Å²) in [5.74, 6) is -0.0515. The summed E-state index contributed by atoms with van der Waals surface area (Å²) < 4.78 is 1.68. The Labute approximate surface area is 164 Å². The Morgan fingerprint density at radius 2 is 1.81 bits per heavy atom. The molecule has 0 spiro atoms. The molecular weight excluding hydrogens is 391 g/mol. The third-order valence-electron chi connectivity index (χ3n) is 3.93. The quantitative estimate of drug-likeness (QED) is 0.492. The molecule has 3 rings (SSSR count). The average Bonchev–Trinajstić information content (AvgIpc) is 2.97. The maximum atomic E-state index is 12.3. The standard InChI is InChI=1S/C18H14Cl2N4O3/c1-11-9-17(21-18(25)12-5-7-13(8-6-12)24(26)27)22-23(11)10-14-15(19)3-2-4-16(14)20/h2-9H,10H2,1H3,(H,21,22,25). The van der Waals surface area contributed by atoms with Crippen LogP contribution in [-0.4, -0.2) is 20.6 Å². The van der Waals surface area contributed by atoms with Crippen molar-refractivity contribution in [3.63, 3.8) is 0 Å². The second kappa shape index (κ2) is 7.77. The Balaban J connectivity index is 1.76. The molecule has 9 heteroatoms. The van der Waals surface area contributed by atoms with Crippen LogP contribution in [0.3, 0.4) is 0 Å². The van der Waals surface area contributed by atoms with Crippen molar-refractivity contribution in [1.29, 1.82) is 0 Å². The number of nitrogens with zero attached hydrogens (tertiary/aromatic N) is 3. The zero-order chi connectivity index (χ0) is 19.6. The van der Waals surface area contributed by atoms with Crippen molar-refractivity contribution >= 4 is 40.6 Å². The van der Waals surface area contributed by atoms with Crippen LogP contribution in [0.1, 0.15) is 21.6 Å². The number of nitro benzene ring substituents is 1. The number of non-ortho nitro benzene ring substituents is 1. The van der Waals surface area contributed by atoms with Crippen LogP contribution in [0.5, 0.6) is 0 Å². The topological polar surface area (TPSA) is 90.1 Å². The van der Waals surface area contributed by atoms with E-state index >= 15 is 0 Å². The molecule has 1 heterocycles. The summed E-state index contributed by atoms with van der Waals surface area (Å²) in [6, 6.07) is 12.3. The minimum Gasteiger partial charge on any atom is -0.305 e. The highest BCUT2D eigenvalue weighted by atomic mass is 35.5. The predicted molar refractivity (Wildman–Crippen MR) is 104 cm³/mol. The Bertz CT molecular complexity index is 996. The second-order valence-corrected chi connectivity index (χ2v) is 6.60. The molecule has 0 aliphatic heterocycles. The number of hydrogen-bond donors (Lipinski definition) is 1. The van der Waals surface area contributed by atoms with Crippen LogP contribution in [0.25, 0.3) is 0 Å². The summed E-state index contributed by atoms with van der Waals surface area (Å²) in [5, 5.41) is 18.8. The first kappa shape index (κ1) is 18.9. The third-order valence-corrected chi connectivity index (χ3v) is 4.64. The highest BCUT2D eigenvalue weighted by Crippen LogP contribution is 2.26. The van der Waals surface area contributed by atoms with Gasteiger partial charge in [-0.2, -0.15) is 5.10 Å². The van der Waals surface area contributed by atoms with Crippen LogP contribution in [0.4, 0.5) is 11.5 Å². The van der Waals surface area contributed by atoms with Crippen LogP contribution >= 0.6 is 23.2 Å². The van der Waals surface area contributed by atoms with Gasteiger partial charge in [0.25, 0.3) is 11.6 Å². The lowest BCUT2D eigenvalue weighted by Gasteiger charge is -2.08. The van der Waals surface area contributed by atoms with E-state index in [-0.39, 0.29) is 5.69 Å². The third kappa shape index (κ3) is 4.27. The number of rotatable bonds is 5. The molecule has 138 valence electrons. The largest absolute Gasteiger partial charge is 0.305 e. The lowest BCUT2D eigenvalue weighted by molar-refractivity contribution is -0.384. The summed E-state index contributed by atoms with van der Waals surface area (Å²) in [6.45, 7) is 2.21. The molecule has 1 aromatic heterocycles. The number of anilines is 1. The maximum Gasteiger partial charge on any atom is 0.269 e. The fourth-order valence-electron chi connectivity index (χ4n) is 2.49. The highest BCUT2D eigenvalue weighted by molar-refractivity contribution is 6.35. The average molecular weight is 405 g/mol. The van der Waals surface area contributed by atoms with Crippen LogP contribution in [0, 0.1) is 17.0 Å². The molecule has 1 N–H and O–H groups in total. The van der Waals surface area contributed by atoms with Gasteiger partial charge in [0.1, 0.15) is 0 Å². The van der Waals surface area contributed by atoms with Crippen molar-refractivity contribution in [2.24, 2.45) is 0 Å². The zero-order valence-electron chi connectivity index (χ0n) is 14.1. The van der Waals surface area contributed by atoms with E-state index in [1.807, 2.05) is 6.92 Å². The van der Waals surface area contributed by atoms with Crippen molar-refractivity contribution in [2.45, 2.75) is 13.5 Å². The van der Waals surface area contributed by atoms with E-state index in [9.17, 15) is 14.9 Å². The Hall–Kier alpha value is -2.90. The van der Waals surface area contributed by atoms with Gasteiger partial charge in [-0.05, 0) is 31.2 Å².